The fourth-order valence-corrected chi connectivity index (χ4v) is 4.03. The van der Waals surface area contributed by atoms with Gasteiger partial charge in [-0.2, -0.15) is 0 Å². The normalized spacial score (nSPS) is 11.0. The van der Waals surface area contributed by atoms with Gasteiger partial charge in [0.25, 0.3) is 0 Å². The number of hydrogen-bond acceptors (Lipinski definition) is 10. The van der Waals surface area contributed by atoms with Crippen LogP contribution in [-0.2, 0) is 28.8 Å². The van der Waals surface area contributed by atoms with E-state index in [0.29, 0.717) is 26.1 Å². The Balaban J connectivity index is 0. The standard InChI is InChI=1S/C15H31N3O10SSi.Na/c1-16-13(19)25-7-5-11-30(2,3)28-8-4-6-26-14(20)17-12-18-15(21)27-9-10-29(22,23)24;/h4-12H2,1-3H3,(H,16,19)(H,17,20)(H,18,21)(H,22,23,24);/q;+1/p-1. The van der Waals surface area contributed by atoms with Gasteiger partial charge in [0.15, 0.2) is 8.32 Å². The summed E-state index contributed by atoms with van der Waals surface area (Å²) in [6, 6.07) is 0.813. The summed E-state index contributed by atoms with van der Waals surface area (Å²) < 4.78 is 51.1. The van der Waals surface area contributed by atoms with Crippen LogP contribution in [0.4, 0.5) is 14.4 Å². The maximum Gasteiger partial charge on any atom is 1.00 e. The molecule has 3 N–H and O–H groups in total. The molecule has 0 unspecified atom stereocenters. The van der Waals surface area contributed by atoms with Crippen LogP contribution in [0.2, 0.25) is 19.1 Å². The molecule has 0 aliphatic rings. The van der Waals surface area contributed by atoms with E-state index in [0.717, 1.165) is 6.04 Å². The van der Waals surface area contributed by atoms with Gasteiger partial charge in [-0.05, 0) is 25.6 Å². The van der Waals surface area contributed by atoms with Gasteiger partial charge in [0.1, 0.15) is 6.61 Å². The van der Waals surface area contributed by atoms with E-state index >= 15 is 0 Å². The summed E-state index contributed by atoms with van der Waals surface area (Å²) in [5.74, 6) is -0.832. The average molecular weight is 496 g/mol. The Bertz CT molecular complexity index is 651. The molecule has 0 aliphatic carbocycles. The van der Waals surface area contributed by atoms with Gasteiger partial charge in [-0.25, -0.2) is 22.8 Å². The maximum atomic E-state index is 11.5. The van der Waals surface area contributed by atoms with Crippen molar-refractivity contribution in [2.24, 2.45) is 0 Å². The summed E-state index contributed by atoms with van der Waals surface area (Å²) in [6.45, 7) is 4.05. The molecule has 176 valence electrons. The Morgan fingerprint density at radius 1 is 0.871 bits per heavy atom. The van der Waals surface area contributed by atoms with Crippen LogP contribution in [0, 0.1) is 0 Å². The largest absolute Gasteiger partial charge is 1.00 e. The fraction of sp³-hybridized carbons (Fsp3) is 0.800. The van der Waals surface area contributed by atoms with Gasteiger partial charge < -0.3 is 39.1 Å². The molecule has 0 fully saturated rings. The molecule has 13 nitrogen and oxygen atoms in total. The molecular formula is C15H30N3NaO10SSi. The van der Waals surface area contributed by atoms with Crippen LogP contribution in [0.3, 0.4) is 0 Å². The van der Waals surface area contributed by atoms with E-state index in [1.165, 1.54) is 7.05 Å². The molecule has 16 heteroatoms. The first-order valence-electron chi connectivity index (χ1n) is 9.18. The minimum absolute atomic E-state index is 0. The van der Waals surface area contributed by atoms with Gasteiger partial charge in [-0.3, -0.25) is 0 Å². The first-order valence-corrected chi connectivity index (χ1v) is 13.9. The second kappa shape index (κ2) is 17.5. The number of ether oxygens (including phenoxy) is 3. The molecule has 0 spiro atoms. The van der Waals surface area contributed by atoms with Gasteiger partial charge in [-0.1, -0.05) is 0 Å². The van der Waals surface area contributed by atoms with Crippen molar-refractivity contribution in [3.8, 4) is 0 Å². The molecule has 0 aromatic rings. The van der Waals surface area contributed by atoms with E-state index in [-0.39, 0.29) is 42.8 Å². The molecule has 0 aromatic heterocycles. The minimum atomic E-state index is -4.46. The topological polar surface area (TPSA) is 181 Å². The summed E-state index contributed by atoms with van der Waals surface area (Å²) in [6.07, 6.45) is -1.03. The van der Waals surface area contributed by atoms with Crippen LogP contribution in [-0.4, -0.2) is 85.5 Å². The van der Waals surface area contributed by atoms with E-state index in [9.17, 15) is 27.4 Å². The smallest absolute Gasteiger partial charge is 0.748 e. The summed E-state index contributed by atoms with van der Waals surface area (Å²) in [7, 11) is -4.87. The third kappa shape index (κ3) is 21.9. The molecule has 3 amide bonds. The second-order valence-electron chi connectivity index (χ2n) is 6.52. The van der Waals surface area contributed by atoms with E-state index < -0.39 is 49.1 Å². The Morgan fingerprint density at radius 3 is 1.94 bits per heavy atom. The molecule has 0 saturated heterocycles. The summed E-state index contributed by atoms with van der Waals surface area (Å²) in [5.41, 5.74) is 0. The average Bonchev–Trinajstić information content (AvgIpc) is 2.63. The zero-order valence-electron chi connectivity index (χ0n) is 18.4. The number of hydrogen-bond donors (Lipinski definition) is 3. The van der Waals surface area contributed by atoms with Crippen molar-refractivity contribution in [3.05, 3.63) is 0 Å². The van der Waals surface area contributed by atoms with E-state index in [2.05, 4.69) is 20.7 Å². The quantitative estimate of drug-likeness (QED) is 0.0754. The first-order chi connectivity index (χ1) is 13.9. The van der Waals surface area contributed by atoms with Crippen molar-refractivity contribution < 1.29 is 75.5 Å². The van der Waals surface area contributed by atoms with Gasteiger partial charge in [0, 0.05) is 20.1 Å². The van der Waals surface area contributed by atoms with Crippen LogP contribution >= 0.6 is 0 Å². The number of nitrogens with one attached hydrogen (secondary N) is 3. The number of rotatable bonds is 14. The van der Waals surface area contributed by atoms with Crippen molar-refractivity contribution >= 4 is 36.7 Å². The predicted molar refractivity (Wildman–Crippen MR) is 106 cm³/mol. The second-order valence-corrected chi connectivity index (χ2v) is 12.3. The predicted octanol–water partition coefficient (Wildman–Crippen LogP) is -2.70. The monoisotopic (exact) mass is 495 g/mol. The minimum Gasteiger partial charge on any atom is -0.748 e. The number of carbonyl (C=O) groups excluding carboxylic acids is 3. The Labute approximate surface area is 205 Å². The Hall–Kier alpha value is -1.10. The zero-order chi connectivity index (χ0) is 23.0. The van der Waals surface area contributed by atoms with Gasteiger partial charge in [0.2, 0.25) is 0 Å². The number of carbonyl (C=O) groups is 3. The number of alkyl carbamates (subject to hydrolysis) is 3. The van der Waals surface area contributed by atoms with E-state index in [1.807, 2.05) is 13.1 Å². The van der Waals surface area contributed by atoms with Crippen LogP contribution < -0.4 is 45.5 Å². The molecule has 0 radical (unpaired) electrons. The maximum absolute atomic E-state index is 11.5. The zero-order valence-corrected chi connectivity index (χ0v) is 22.2. The van der Waals surface area contributed by atoms with Crippen LogP contribution in [0.15, 0.2) is 0 Å². The van der Waals surface area contributed by atoms with Crippen LogP contribution in [0.25, 0.3) is 0 Å². The van der Waals surface area contributed by atoms with E-state index in [1.54, 1.807) is 0 Å². The molecule has 0 atom stereocenters. The molecule has 31 heavy (non-hydrogen) atoms. The summed E-state index contributed by atoms with van der Waals surface area (Å²) in [4.78, 5) is 33.6. The van der Waals surface area contributed by atoms with Crippen molar-refractivity contribution in [1.29, 1.82) is 0 Å². The number of amides is 3. The summed E-state index contributed by atoms with van der Waals surface area (Å²) >= 11 is 0. The third-order valence-corrected chi connectivity index (χ3v) is 6.62. The van der Waals surface area contributed by atoms with Gasteiger partial charge >= 0.3 is 47.8 Å². The van der Waals surface area contributed by atoms with Crippen molar-refractivity contribution in [3.63, 3.8) is 0 Å². The Kier molecular flexibility index (Phi) is 18.1. The molecule has 0 bridgehead atoms. The first kappa shape index (κ1) is 32.1. The van der Waals surface area contributed by atoms with E-state index in [4.69, 9.17) is 13.9 Å². The fourth-order valence-electron chi connectivity index (χ4n) is 1.91. The van der Waals surface area contributed by atoms with Gasteiger partial charge in [0.05, 0.1) is 35.8 Å². The van der Waals surface area contributed by atoms with Crippen LogP contribution in [0.5, 0.6) is 0 Å². The summed E-state index contributed by atoms with van der Waals surface area (Å²) in [5, 5.41) is 6.74. The Morgan fingerprint density at radius 2 is 1.39 bits per heavy atom. The van der Waals surface area contributed by atoms with Gasteiger partial charge in [-0.15, -0.1) is 0 Å². The molecule has 0 aromatic carbocycles. The molecular weight excluding hydrogens is 465 g/mol. The molecule has 0 aliphatic heterocycles. The SMILES string of the molecule is CNC(=O)OCCC[Si](C)(C)OCCCOC(=O)NCNC(=O)OCCS(=O)(=O)[O-].[Na+]. The molecule has 0 rings (SSSR count). The molecule has 0 saturated carbocycles. The van der Waals surface area contributed by atoms with Crippen molar-refractivity contribution in [2.45, 2.75) is 32.0 Å². The third-order valence-electron chi connectivity index (χ3n) is 3.41. The van der Waals surface area contributed by atoms with Crippen molar-refractivity contribution in [2.75, 3.05) is 45.9 Å². The van der Waals surface area contributed by atoms with Crippen LogP contribution in [0.1, 0.15) is 12.8 Å². The molecule has 0 heterocycles. The van der Waals surface area contributed by atoms with Crippen molar-refractivity contribution in [1.82, 2.24) is 16.0 Å².